The van der Waals surface area contributed by atoms with E-state index < -0.39 is 24.9 Å². The summed E-state index contributed by atoms with van der Waals surface area (Å²) in [6, 6.07) is 0. The average molecular weight is 1040 g/mol. The highest BCUT2D eigenvalue weighted by atomic mass is 16.6. The van der Waals surface area contributed by atoms with Crippen molar-refractivity contribution in [2.45, 2.75) is 341 Å². The highest BCUT2D eigenvalue weighted by Crippen LogP contribution is 2.18. The van der Waals surface area contributed by atoms with Gasteiger partial charge in [0.1, 0.15) is 38.1 Å². The molecule has 3 atom stereocenters. The maximum absolute atomic E-state index is 12.9. The summed E-state index contributed by atoms with van der Waals surface area (Å²) in [6.07, 6.45) is 51.8. The van der Waals surface area contributed by atoms with E-state index in [1.165, 1.54) is 218 Å². The zero-order chi connectivity index (χ0) is 53.3. The number of ether oxygens (including phenoxy) is 5. The molecule has 0 aromatic carbocycles. The van der Waals surface area contributed by atoms with Crippen LogP contribution in [0.1, 0.15) is 323 Å². The molecule has 3 unspecified atom stereocenters. The molecule has 10 heteroatoms. The summed E-state index contributed by atoms with van der Waals surface area (Å²) in [6.45, 7) is 8.17. The minimum atomic E-state index is -1.06. The lowest BCUT2D eigenvalue weighted by Crippen LogP contribution is -2.37. The normalized spacial score (nSPS) is 12.9. The second-order valence-electron chi connectivity index (χ2n) is 22.4. The van der Waals surface area contributed by atoms with Gasteiger partial charge in [0.25, 0.3) is 0 Å². The van der Waals surface area contributed by atoms with Crippen molar-refractivity contribution < 1.29 is 48.3 Å². The summed E-state index contributed by atoms with van der Waals surface area (Å²) >= 11 is 0. The van der Waals surface area contributed by atoms with Gasteiger partial charge in [-0.25, -0.2) is 0 Å². The predicted octanol–water partition coefficient (Wildman–Crippen LogP) is 17.4. The van der Waals surface area contributed by atoms with Crippen molar-refractivity contribution in [1.29, 1.82) is 0 Å². The van der Waals surface area contributed by atoms with E-state index in [2.05, 4.69) is 27.7 Å². The predicted molar refractivity (Wildman–Crippen MR) is 304 cm³/mol. The highest BCUT2D eigenvalue weighted by molar-refractivity contribution is 5.70. The number of esters is 3. The number of hydrogen-bond acceptors (Lipinski definition) is 10. The molecule has 0 amide bonds. The summed E-state index contributed by atoms with van der Waals surface area (Å²) < 4.78 is 29.0. The first-order chi connectivity index (χ1) is 35.7. The lowest BCUT2D eigenvalue weighted by molar-refractivity contribution is -0.168. The van der Waals surface area contributed by atoms with Crippen LogP contribution < -0.4 is 0 Å². The van der Waals surface area contributed by atoms with Crippen LogP contribution in [0.2, 0.25) is 0 Å². The molecule has 0 heterocycles. The number of rotatable bonds is 60. The van der Waals surface area contributed by atoms with Gasteiger partial charge in [-0.1, -0.05) is 285 Å². The van der Waals surface area contributed by atoms with Gasteiger partial charge in [0.2, 0.25) is 0 Å². The van der Waals surface area contributed by atoms with Gasteiger partial charge < -0.3 is 33.9 Å². The van der Waals surface area contributed by atoms with Crippen molar-refractivity contribution in [3.8, 4) is 0 Å². The van der Waals surface area contributed by atoms with E-state index in [-0.39, 0.29) is 50.9 Å². The standard InChI is InChI=1S/C63H122O10/c1-5-7-9-11-13-15-17-19-21-23-28-32-36-40-44-48-61(66)70-54-59(53-69-52-58(65)51-64)73-60(55-71-62(67)49-45-41-37-33-29-24-22-20-18-16-14-12-10-8-6-2)56-72-63(68)50-46-42-38-34-30-26-25-27-31-35-39-43-47-57(3)4/h57-60,64-65H,5-56H2,1-4H3. The van der Waals surface area contributed by atoms with Gasteiger partial charge >= 0.3 is 17.9 Å². The van der Waals surface area contributed by atoms with Crippen LogP contribution in [0.15, 0.2) is 0 Å². The summed E-state index contributed by atoms with van der Waals surface area (Å²) in [5, 5.41) is 19.3. The summed E-state index contributed by atoms with van der Waals surface area (Å²) in [4.78, 5) is 38.7. The molecule has 2 N–H and O–H groups in total. The van der Waals surface area contributed by atoms with Gasteiger partial charge in [0.15, 0.2) is 0 Å². The zero-order valence-electron chi connectivity index (χ0n) is 48.7. The fourth-order valence-electron chi connectivity index (χ4n) is 9.56. The van der Waals surface area contributed by atoms with Gasteiger partial charge in [-0.15, -0.1) is 0 Å². The molecule has 10 nitrogen and oxygen atoms in total. The van der Waals surface area contributed by atoms with Crippen LogP contribution in [0.4, 0.5) is 0 Å². The molecule has 0 aromatic rings. The topological polar surface area (TPSA) is 138 Å². The maximum Gasteiger partial charge on any atom is 0.305 e. The largest absolute Gasteiger partial charge is 0.463 e. The monoisotopic (exact) mass is 1040 g/mol. The van der Waals surface area contributed by atoms with Crippen LogP contribution in [-0.4, -0.2) is 86.1 Å². The van der Waals surface area contributed by atoms with E-state index in [1.54, 1.807) is 0 Å². The Labute approximate surface area is 451 Å². The molecule has 0 saturated carbocycles. The highest BCUT2D eigenvalue weighted by Gasteiger charge is 2.23. The first-order valence-electron chi connectivity index (χ1n) is 31.7. The molecular formula is C63H122O10. The van der Waals surface area contributed by atoms with Gasteiger partial charge in [-0.3, -0.25) is 14.4 Å². The Morgan fingerprint density at radius 3 is 0.849 bits per heavy atom. The lowest BCUT2D eigenvalue weighted by atomic mass is 10.0. The average Bonchev–Trinajstić information content (AvgIpc) is 3.38. The Morgan fingerprint density at radius 2 is 0.589 bits per heavy atom. The number of carbonyl (C=O) groups excluding carboxylic acids is 3. The molecule has 0 aliphatic carbocycles. The minimum absolute atomic E-state index is 0.0424. The Hall–Kier alpha value is -1.75. The van der Waals surface area contributed by atoms with Crippen molar-refractivity contribution in [3.63, 3.8) is 0 Å². The summed E-state index contributed by atoms with van der Waals surface area (Å²) in [5.41, 5.74) is 0. The van der Waals surface area contributed by atoms with E-state index in [1.807, 2.05) is 0 Å². The molecule has 73 heavy (non-hydrogen) atoms. The Morgan fingerprint density at radius 1 is 0.342 bits per heavy atom. The molecule has 0 spiro atoms. The zero-order valence-corrected chi connectivity index (χ0v) is 48.7. The van der Waals surface area contributed by atoms with Gasteiger partial charge in [0.05, 0.1) is 19.8 Å². The third kappa shape index (κ3) is 56.3. The second kappa shape index (κ2) is 57.9. The van der Waals surface area contributed by atoms with Crippen LogP contribution in [0.5, 0.6) is 0 Å². The summed E-state index contributed by atoms with van der Waals surface area (Å²) in [5.74, 6) is -0.145. The molecule has 0 aliphatic rings. The van der Waals surface area contributed by atoms with Crippen LogP contribution in [0.3, 0.4) is 0 Å². The van der Waals surface area contributed by atoms with E-state index in [0.717, 1.165) is 63.7 Å². The van der Waals surface area contributed by atoms with Gasteiger partial charge in [0, 0.05) is 19.3 Å². The van der Waals surface area contributed by atoms with E-state index in [9.17, 15) is 24.6 Å². The number of aliphatic hydroxyl groups is 2. The van der Waals surface area contributed by atoms with Gasteiger partial charge in [-0.05, 0) is 25.2 Å². The molecule has 0 aromatic heterocycles. The van der Waals surface area contributed by atoms with Crippen LogP contribution in [0, 0.1) is 5.92 Å². The van der Waals surface area contributed by atoms with E-state index >= 15 is 0 Å². The van der Waals surface area contributed by atoms with Crippen molar-refractivity contribution in [2.75, 3.05) is 39.6 Å². The van der Waals surface area contributed by atoms with Crippen LogP contribution >= 0.6 is 0 Å². The number of hydrogen-bond donors (Lipinski definition) is 2. The maximum atomic E-state index is 12.9. The number of carbonyl (C=O) groups is 3. The lowest BCUT2D eigenvalue weighted by Gasteiger charge is -2.25. The molecular weight excluding hydrogens is 917 g/mol. The molecule has 0 aliphatic heterocycles. The van der Waals surface area contributed by atoms with Crippen molar-refractivity contribution >= 4 is 17.9 Å². The Balaban J connectivity index is 4.89. The van der Waals surface area contributed by atoms with Crippen LogP contribution in [0.25, 0.3) is 0 Å². The molecule has 0 radical (unpaired) electrons. The van der Waals surface area contributed by atoms with E-state index in [0.29, 0.717) is 19.3 Å². The first-order valence-corrected chi connectivity index (χ1v) is 31.7. The van der Waals surface area contributed by atoms with E-state index in [4.69, 9.17) is 23.7 Å². The SMILES string of the molecule is CCCCCCCCCCCCCCCCCC(=O)OCC(COCC(O)CO)OC(COC(=O)CCCCCCCCCCCCCCCCC)COC(=O)CCCCCCCCCCCCCCC(C)C. The number of aliphatic hydroxyl groups excluding tert-OH is 2. The third-order valence-electron chi connectivity index (χ3n) is 14.4. The smallest absolute Gasteiger partial charge is 0.305 e. The molecule has 0 rings (SSSR count). The first kappa shape index (κ1) is 71.2. The quantitative estimate of drug-likeness (QED) is 0.0344. The Kier molecular flexibility index (Phi) is 56.6. The van der Waals surface area contributed by atoms with Crippen molar-refractivity contribution in [2.24, 2.45) is 5.92 Å². The third-order valence-corrected chi connectivity index (χ3v) is 14.4. The summed E-state index contributed by atoms with van der Waals surface area (Å²) in [7, 11) is 0. The molecule has 0 saturated heterocycles. The second-order valence-corrected chi connectivity index (χ2v) is 22.4. The molecule has 434 valence electrons. The minimum Gasteiger partial charge on any atom is -0.463 e. The van der Waals surface area contributed by atoms with Crippen LogP contribution in [-0.2, 0) is 38.1 Å². The fraction of sp³-hybridized carbons (Fsp3) is 0.952. The molecule has 0 bridgehead atoms. The van der Waals surface area contributed by atoms with Gasteiger partial charge in [-0.2, -0.15) is 0 Å². The Bertz CT molecular complexity index is 1150. The van der Waals surface area contributed by atoms with Crippen molar-refractivity contribution in [1.82, 2.24) is 0 Å². The number of unbranched alkanes of at least 4 members (excludes halogenated alkanes) is 39. The molecule has 0 fully saturated rings. The van der Waals surface area contributed by atoms with Crippen molar-refractivity contribution in [3.05, 3.63) is 0 Å². The fourth-order valence-corrected chi connectivity index (χ4v) is 9.56.